The second-order valence-corrected chi connectivity index (χ2v) is 5.85. The third-order valence-corrected chi connectivity index (χ3v) is 3.85. The smallest absolute Gasteiger partial charge is 0.410 e. The van der Waals surface area contributed by atoms with Crippen LogP contribution < -0.4 is 20.5 Å². The monoisotopic (exact) mass is 357 g/mol. The molecular weight excluding hydrogens is 332 g/mol. The molecule has 0 unspecified atom stereocenters. The summed E-state index contributed by atoms with van der Waals surface area (Å²) in [5, 5.41) is 13.2. The van der Waals surface area contributed by atoms with E-state index in [2.05, 4.69) is 5.32 Å². The molecule has 0 saturated heterocycles. The number of primary amides is 1. The lowest BCUT2D eigenvalue weighted by molar-refractivity contribution is 0.201. The number of benzene rings is 2. The summed E-state index contributed by atoms with van der Waals surface area (Å²) in [6.07, 6.45) is 2.00. The Morgan fingerprint density at radius 3 is 2.65 bits per heavy atom. The summed E-state index contributed by atoms with van der Waals surface area (Å²) in [5.74, 6) is 0.750. The highest BCUT2D eigenvalue weighted by Crippen LogP contribution is 2.28. The number of amides is 1. The number of nitrogens with one attached hydrogen (secondary N) is 1. The summed E-state index contributed by atoms with van der Waals surface area (Å²) in [6, 6.07) is 15.3. The van der Waals surface area contributed by atoms with E-state index in [1.54, 1.807) is 12.1 Å². The first-order valence-electron chi connectivity index (χ1n) is 8.48. The Kier molecular flexibility index (Phi) is 7.92. The minimum atomic E-state index is -0.876. The molecular formula is C20H25N2O4. The highest BCUT2D eigenvalue weighted by Gasteiger charge is 2.09. The molecule has 2 rings (SSSR count). The van der Waals surface area contributed by atoms with E-state index in [1.165, 1.54) is 12.7 Å². The topological polar surface area (TPSA) is 93.8 Å². The highest BCUT2D eigenvalue weighted by atomic mass is 16.6. The maximum absolute atomic E-state index is 10.8. The van der Waals surface area contributed by atoms with Gasteiger partial charge in [0.25, 0.3) is 0 Å². The zero-order valence-corrected chi connectivity index (χ0v) is 14.9. The number of hydrogen-bond donors (Lipinski definition) is 3. The normalized spacial score (nSPS) is 11.8. The van der Waals surface area contributed by atoms with E-state index in [0.29, 0.717) is 24.6 Å². The standard InChI is InChI=1S/C20H25N2O4/c1-25-19-13-16(8-10-18(19)26-20(21)24)11-12-22-14-17(23)9-7-15-5-3-2-4-6-15/h2-6,8-10,13,17,22-23H,7,11-12,14H2,1H3,(H2,21,24)/t17-/m1/s1. The molecule has 1 amide bonds. The molecule has 0 heterocycles. The molecule has 0 aliphatic carbocycles. The summed E-state index contributed by atoms with van der Waals surface area (Å²) in [7, 11) is 1.50. The van der Waals surface area contributed by atoms with Crippen molar-refractivity contribution in [1.29, 1.82) is 0 Å². The van der Waals surface area contributed by atoms with Crippen LogP contribution in [-0.4, -0.2) is 37.5 Å². The lowest BCUT2D eigenvalue weighted by Gasteiger charge is -2.12. The van der Waals surface area contributed by atoms with Gasteiger partial charge in [-0.05, 0) is 49.1 Å². The zero-order valence-electron chi connectivity index (χ0n) is 14.9. The van der Waals surface area contributed by atoms with Gasteiger partial charge >= 0.3 is 6.09 Å². The minimum Gasteiger partial charge on any atom is -0.493 e. The largest absolute Gasteiger partial charge is 0.493 e. The number of ether oxygens (including phenoxy) is 2. The van der Waals surface area contributed by atoms with Crippen molar-refractivity contribution in [1.82, 2.24) is 5.32 Å². The van der Waals surface area contributed by atoms with Crippen molar-refractivity contribution in [3.05, 3.63) is 66.1 Å². The summed E-state index contributed by atoms with van der Waals surface area (Å²) >= 11 is 0. The first kappa shape index (κ1) is 19.8. The van der Waals surface area contributed by atoms with Gasteiger partial charge in [0.05, 0.1) is 13.2 Å². The number of nitrogens with two attached hydrogens (primary N) is 1. The average molecular weight is 357 g/mol. The lowest BCUT2D eigenvalue weighted by atomic mass is 10.1. The first-order chi connectivity index (χ1) is 12.6. The SMILES string of the molecule is COc1cc(CCNC[C@H](O)[CH]Cc2ccccc2)ccc1OC(N)=O. The molecule has 0 aromatic heterocycles. The van der Waals surface area contributed by atoms with E-state index in [-0.39, 0.29) is 0 Å². The molecule has 2 aromatic carbocycles. The van der Waals surface area contributed by atoms with Gasteiger partial charge in [-0.1, -0.05) is 36.4 Å². The van der Waals surface area contributed by atoms with Crippen LogP contribution in [0.3, 0.4) is 0 Å². The van der Waals surface area contributed by atoms with Crippen LogP contribution in [0.25, 0.3) is 0 Å². The molecule has 0 aliphatic rings. The summed E-state index contributed by atoms with van der Waals surface area (Å²) in [6.45, 7) is 1.20. The Balaban J connectivity index is 1.71. The van der Waals surface area contributed by atoms with Crippen molar-refractivity contribution in [2.45, 2.75) is 18.9 Å². The van der Waals surface area contributed by atoms with Crippen molar-refractivity contribution < 1.29 is 19.4 Å². The number of carbonyl (C=O) groups excluding carboxylic acids is 1. The predicted molar refractivity (Wildman–Crippen MR) is 100 cm³/mol. The van der Waals surface area contributed by atoms with Gasteiger partial charge in [-0.2, -0.15) is 0 Å². The predicted octanol–water partition coefficient (Wildman–Crippen LogP) is 2.09. The maximum atomic E-state index is 10.8. The molecule has 26 heavy (non-hydrogen) atoms. The Morgan fingerprint density at radius 1 is 1.19 bits per heavy atom. The van der Waals surface area contributed by atoms with E-state index in [4.69, 9.17) is 15.2 Å². The van der Waals surface area contributed by atoms with Crippen LogP contribution >= 0.6 is 0 Å². The van der Waals surface area contributed by atoms with Crippen LogP contribution in [0.15, 0.2) is 48.5 Å². The lowest BCUT2D eigenvalue weighted by Crippen LogP contribution is -2.29. The quantitative estimate of drug-likeness (QED) is 0.566. The number of rotatable bonds is 10. The Hall–Kier alpha value is -2.57. The van der Waals surface area contributed by atoms with E-state index in [1.807, 2.05) is 42.8 Å². The van der Waals surface area contributed by atoms with Crippen LogP contribution in [0.2, 0.25) is 0 Å². The van der Waals surface area contributed by atoms with Gasteiger partial charge in [-0.3, -0.25) is 0 Å². The zero-order chi connectivity index (χ0) is 18.8. The van der Waals surface area contributed by atoms with Crippen molar-refractivity contribution in [2.24, 2.45) is 5.73 Å². The Bertz CT molecular complexity index is 691. The van der Waals surface area contributed by atoms with Crippen LogP contribution in [0.4, 0.5) is 4.79 Å². The van der Waals surface area contributed by atoms with E-state index < -0.39 is 12.2 Å². The molecule has 1 atom stereocenters. The third-order valence-electron chi connectivity index (χ3n) is 3.85. The van der Waals surface area contributed by atoms with Crippen molar-refractivity contribution >= 4 is 6.09 Å². The van der Waals surface area contributed by atoms with Crippen molar-refractivity contribution in [3.63, 3.8) is 0 Å². The van der Waals surface area contributed by atoms with Gasteiger partial charge < -0.3 is 25.6 Å². The van der Waals surface area contributed by atoms with Gasteiger partial charge in [0.2, 0.25) is 0 Å². The Morgan fingerprint density at radius 2 is 1.96 bits per heavy atom. The number of carbonyl (C=O) groups is 1. The second kappa shape index (κ2) is 10.4. The van der Waals surface area contributed by atoms with Crippen molar-refractivity contribution in [3.8, 4) is 11.5 Å². The molecule has 1 radical (unpaired) electrons. The molecule has 0 spiro atoms. The fourth-order valence-electron chi connectivity index (χ4n) is 2.51. The fraction of sp³-hybridized carbons (Fsp3) is 0.300. The fourth-order valence-corrected chi connectivity index (χ4v) is 2.51. The molecule has 0 fully saturated rings. The molecule has 139 valence electrons. The van der Waals surface area contributed by atoms with E-state index in [9.17, 15) is 9.90 Å². The van der Waals surface area contributed by atoms with Gasteiger partial charge in [0.15, 0.2) is 11.5 Å². The van der Waals surface area contributed by atoms with Crippen LogP contribution in [0.1, 0.15) is 11.1 Å². The molecule has 0 aliphatic heterocycles. The van der Waals surface area contributed by atoms with Crippen LogP contribution in [0.5, 0.6) is 11.5 Å². The number of methoxy groups -OCH3 is 1. The first-order valence-corrected chi connectivity index (χ1v) is 8.48. The molecule has 6 nitrogen and oxygen atoms in total. The molecule has 0 saturated carbocycles. The minimum absolute atomic E-state index is 0.294. The second-order valence-electron chi connectivity index (χ2n) is 5.85. The van der Waals surface area contributed by atoms with Crippen molar-refractivity contribution in [2.75, 3.05) is 20.2 Å². The summed E-state index contributed by atoms with van der Waals surface area (Å²) < 4.78 is 10.1. The van der Waals surface area contributed by atoms with Gasteiger partial charge in [0, 0.05) is 6.54 Å². The van der Waals surface area contributed by atoms with Gasteiger partial charge in [0.1, 0.15) is 0 Å². The molecule has 4 N–H and O–H groups in total. The maximum Gasteiger partial charge on any atom is 0.410 e. The van der Waals surface area contributed by atoms with Crippen LogP contribution in [-0.2, 0) is 12.8 Å². The Labute approximate surface area is 153 Å². The average Bonchev–Trinajstić information content (AvgIpc) is 2.65. The summed E-state index contributed by atoms with van der Waals surface area (Å²) in [4.78, 5) is 10.8. The molecule has 6 heteroatoms. The molecule has 0 bridgehead atoms. The number of hydrogen-bond acceptors (Lipinski definition) is 5. The van der Waals surface area contributed by atoms with E-state index >= 15 is 0 Å². The number of aliphatic hydroxyl groups is 1. The number of aliphatic hydroxyl groups excluding tert-OH is 1. The summed E-state index contributed by atoms with van der Waals surface area (Å²) in [5.41, 5.74) is 7.22. The molecule has 2 aromatic rings. The van der Waals surface area contributed by atoms with Gasteiger partial charge in [-0.15, -0.1) is 0 Å². The highest BCUT2D eigenvalue weighted by molar-refractivity contribution is 5.69. The van der Waals surface area contributed by atoms with Gasteiger partial charge in [-0.25, -0.2) is 4.79 Å². The van der Waals surface area contributed by atoms with E-state index in [0.717, 1.165) is 18.4 Å². The van der Waals surface area contributed by atoms with Crippen LogP contribution in [0, 0.1) is 6.42 Å². The third kappa shape index (κ3) is 6.74.